The number of nitrogens with one attached hydrogen (secondary N) is 1. The van der Waals surface area contributed by atoms with Crippen LogP contribution in [0.4, 0.5) is 0 Å². The summed E-state index contributed by atoms with van der Waals surface area (Å²) in [5, 5.41) is 3.46. The Balaban J connectivity index is 2.54. The summed E-state index contributed by atoms with van der Waals surface area (Å²) in [6.45, 7) is 12.7. The van der Waals surface area contributed by atoms with E-state index in [1.807, 2.05) is 0 Å². The normalized spacial score (nSPS) is 27.0. The van der Waals surface area contributed by atoms with Crippen LogP contribution in [-0.2, 0) is 0 Å². The van der Waals surface area contributed by atoms with E-state index in [-0.39, 0.29) is 0 Å². The van der Waals surface area contributed by atoms with Crippen molar-refractivity contribution in [3.63, 3.8) is 0 Å². The Morgan fingerprint density at radius 2 is 1.92 bits per heavy atom. The van der Waals surface area contributed by atoms with E-state index in [0.29, 0.717) is 6.04 Å². The minimum atomic E-state index is 0.694. The number of hydrogen-bond acceptors (Lipinski definition) is 2. The molecular formula is C10H22N2. The van der Waals surface area contributed by atoms with E-state index in [0.717, 1.165) is 25.0 Å². The second-order valence-electron chi connectivity index (χ2n) is 4.35. The largest absolute Gasteiger partial charge is 0.314 e. The van der Waals surface area contributed by atoms with Gasteiger partial charge in [0.2, 0.25) is 0 Å². The molecule has 0 saturated carbocycles. The molecule has 1 saturated heterocycles. The zero-order valence-corrected chi connectivity index (χ0v) is 8.80. The topological polar surface area (TPSA) is 15.3 Å². The van der Waals surface area contributed by atoms with E-state index in [9.17, 15) is 0 Å². The smallest absolute Gasteiger partial charge is 0.0246 e. The maximum Gasteiger partial charge on any atom is 0.0246 e. The van der Waals surface area contributed by atoms with Crippen molar-refractivity contribution in [3.8, 4) is 0 Å². The van der Waals surface area contributed by atoms with Gasteiger partial charge < -0.3 is 5.32 Å². The summed E-state index contributed by atoms with van der Waals surface area (Å²) in [5.41, 5.74) is 0. The van der Waals surface area contributed by atoms with Crippen LogP contribution in [0.15, 0.2) is 0 Å². The van der Waals surface area contributed by atoms with Crippen molar-refractivity contribution in [1.29, 1.82) is 0 Å². The van der Waals surface area contributed by atoms with Crippen molar-refractivity contribution in [2.45, 2.75) is 39.8 Å². The van der Waals surface area contributed by atoms with E-state index < -0.39 is 0 Å². The third-order valence-electron chi connectivity index (χ3n) is 2.76. The quantitative estimate of drug-likeness (QED) is 0.672. The molecule has 1 N–H and O–H groups in total. The Bertz CT molecular complexity index is 116. The van der Waals surface area contributed by atoms with Gasteiger partial charge in [0.15, 0.2) is 0 Å². The summed E-state index contributed by atoms with van der Waals surface area (Å²) in [4.78, 5) is 2.61. The maximum atomic E-state index is 3.46. The van der Waals surface area contributed by atoms with Gasteiger partial charge in [0.1, 0.15) is 0 Å². The fourth-order valence-corrected chi connectivity index (χ4v) is 2.00. The highest BCUT2D eigenvalue weighted by atomic mass is 15.2. The SMILES string of the molecule is CC(C)[C@H]1CNCCN1C(C)C. The van der Waals surface area contributed by atoms with Crippen LogP contribution in [-0.4, -0.2) is 36.6 Å². The van der Waals surface area contributed by atoms with Crippen molar-refractivity contribution in [2.75, 3.05) is 19.6 Å². The minimum absolute atomic E-state index is 0.694. The van der Waals surface area contributed by atoms with Crippen molar-refractivity contribution in [1.82, 2.24) is 10.2 Å². The first-order valence-corrected chi connectivity index (χ1v) is 5.09. The molecule has 0 radical (unpaired) electrons. The molecule has 1 rings (SSSR count). The number of rotatable bonds is 2. The third-order valence-corrected chi connectivity index (χ3v) is 2.76. The lowest BCUT2D eigenvalue weighted by Crippen LogP contribution is -2.55. The van der Waals surface area contributed by atoms with Crippen LogP contribution in [0.25, 0.3) is 0 Å². The fourth-order valence-electron chi connectivity index (χ4n) is 2.00. The van der Waals surface area contributed by atoms with E-state index in [2.05, 4.69) is 37.9 Å². The van der Waals surface area contributed by atoms with E-state index in [4.69, 9.17) is 0 Å². The molecule has 0 aromatic carbocycles. The molecule has 0 aliphatic carbocycles. The predicted octanol–water partition coefficient (Wildman–Crippen LogP) is 1.32. The van der Waals surface area contributed by atoms with Crippen LogP contribution in [0.2, 0.25) is 0 Å². The zero-order chi connectivity index (χ0) is 9.14. The first-order valence-electron chi connectivity index (χ1n) is 5.09. The van der Waals surface area contributed by atoms with E-state index in [1.165, 1.54) is 6.54 Å². The molecule has 0 aromatic heterocycles. The van der Waals surface area contributed by atoms with Gasteiger partial charge in [0.05, 0.1) is 0 Å². The van der Waals surface area contributed by atoms with Gasteiger partial charge >= 0.3 is 0 Å². The minimum Gasteiger partial charge on any atom is -0.314 e. The third kappa shape index (κ3) is 2.20. The molecule has 1 atom stereocenters. The molecular weight excluding hydrogens is 148 g/mol. The summed E-state index contributed by atoms with van der Waals surface area (Å²) >= 11 is 0. The maximum absolute atomic E-state index is 3.46. The molecule has 0 bridgehead atoms. The van der Waals surface area contributed by atoms with Gasteiger partial charge in [-0.15, -0.1) is 0 Å². The standard InChI is InChI=1S/C10H22N2/c1-8(2)10-7-11-5-6-12(10)9(3)4/h8-11H,5-7H2,1-4H3/t10-/m1/s1. The molecule has 1 heterocycles. The van der Waals surface area contributed by atoms with Gasteiger partial charge in [0, 0.05) is 31.7 Å². The van der Waals surface area contributed by atoms with Gasteiger partial charge in [-0.1, -0.05) is 13.8 Å². The molecule has 12 heavy (non-hydrogen) atoms. The summed E-state index contributed by atoms with van der Waals surface area (Å²) < 4.78 is 0. The second kappa shape index (κ2) is 4.24. The average molecular weight is 170 g/mol. The van der Waals surface area contributed by atoms with Gasteiger partial charge in [-0.25, -0.2) is 0 Å². The highest BCUT2D eigenvalue weighted by Gasteiger charge is 2.26. The van der Waals surface area contributed by atoms with Crippen molar-refractivity contribution in [3.05, 3.63) is 0 Å². The molecule has 72 valence electrons. The zero-order valence-electron chi connectivity index (χ0n) is 8.80. The molecule has 1 fully saturated rings. The lowest BCUT2D eigenvalue weighted by molar-refractivity contribution is 0.0923. The Morgan fingerprint density at radius 1 is 1.25 bits per heavy atom. The van der Waals surface area contributed by atoms with Crippen LogP contribution in [0.3, 0.4) is 0 Å². The van der Waals surface area contributed by atoms with Gasteiger partial charge in [0.25, 0.3) is 0 Å². The Labute approximate surface area is 76.3 Å². The van der Waals surface area contributed by atoms with Crippen LogP contribution >= 0.6 is 0 Å². The number of piperazine rings is 1. The molecule has 0 amide bonds. The summed E-state index contributed by atoms with van der Waals surface area (Å²) in [7, 11) is 0. The lowest BCUT2D eigenvalue weighted by Gasteiger charge is -2.41. The molecule has 0 spiro atoms. The monoisotopic (exact) mass is 170 g/mol. The highest BCUT2D eigenvalue weighted by Crippen LogP contribution is 2.15. The number of nitrogens with zero attached hydrogens (tertiary/aromatic N) is 1. The van der Waals surface area contributed by atoms with Crippen LogP contribution < -0.4 is 5.32 Å². The van der Waals surface area contributed by atoms with Crippen LogP contribution in [0.1, 0.15) is 27.7 Å². The summed E-state index contributed by atoms with van der Waals surface area (Å²) in [6.07, 6.45) is 0. The molecule has 0 aromatic rings. The second-order valence-corrected chi connectivity index (χ2v) is 4.35. The average Bonchev–Trinajstić information content (AvgIpc) is 2.04. The Kier molecular flexibility index (Phi) is 3.53. The fraction of sp³-hybridized carbons (Fsp3) is 1.00. The Hall–Kier alpha value is -0.0800. The summed E-state index contributed by atoms with van der Waals surface area (Å²) in [5.74, 6) is 0.764. The van der Waals surface area contributed by atoms with Gasteiger partial charge in [-0.05, 0) is 19.8 Å². The Morgan fingerprint density at radius 3 is 2.33 bits per heavy atom. The molecule has 0 unspecified atom stereocenters. The first-order chi connectivity index (χ1) is 5.63. The first kappa shape index (κ1) is 10.0. The van der Waals surface area contributed by atoms with Crippen LogP contribution in [0.5, 0.6) is 0 Å². The van der Waals surface area contributed by atoms with Crippen LogP contribution in [0, 0.1) is 5.92 Å². The molecule has 1 aliphatic heterocycles. The van der Waals surface area contributed by atoms with E-state index >= 15 is 0 Å². The molecule has 2 heteroatoms. The van der Waals surface area contributed by atoms with Gasteiger partial charge in [-0.2, -0.15) is 0 Å². The summed E-state index contributed by atoms with van der Waals surface area (Å²) in [6, 6.07) is 1.43. The molecule has 2 nitrogen and oxygen atoms in total. The molecule has 1 aliphatic rings. The van der Waals surface area contributed by atoms with Crippen molar-refractivity contribution in [2.24, 2.45) is 5.92 Å². The number of hydrogen-bond donors (Lipinski definition) is 1. The van der Waals surface area contributed by atoms with Gasteiger partial charge in [-0.3, -0.25) is 4.90 Å². The highest BCUT2D eigenvalue weighted by molar-refractivity contribution is 4.83. The lowest BCUT2D eigenvalue weighted by atomic mass is 9.99. The van der Waals surface area contributed by atoms with Crippen molar-refractivity contribution >= 4 is 0 Å². The van der Waals surface area contributed by atoms with E-state index in [1.54, 1.807) is 0 Å². The predicted molar refractivity (Wildman–Crippen MR) is 53.3 cm³/mol. The van der Waals surface area contributed by atoms with Crippen molar-refractivity contribution < 1.29 is 0 Å².